The number of nitrogens with zero attached hydrogens (tertiary/aromatic N) is 1. The molecule has 3 nitrogen and oxygen atoms in total. The molecule has 0 fully saturated rings. The average Bonchev–Trinajstić information content (AvgIpc) is 2.69. The van der Waals surface area contributed by atoms with Crippen LogP contribution in [0.2, 0.25) is 0 Å². The summed E-state index contributed by atoms with van der Waals surface area (Å²) in [6.07, 6.45) is -0.766. The summed E-state index contributed by atoms with van der Waals surface area (Å²) in [5.41, 5.74) is 7.39. The van der Waals surface area contributed by atoms with Crippen LogP contribution in [-0.4, -0.2) is 80.0 Å². The van der Waals surface area contributed by atoms with Gasteiger partial charge in [0.1, 0.15) is 5.59 Å². The van der Waals surface area contributed by atoms with Gasteiger partial charge < -0.3 is 5.11 Å². The van der Waals surface area contributed by atoms with Crippen LogP contribution in [0, 0.1) is 4.91 Å². The van der Waals surface area contributed by atoms with Gasteiger partial charge in [0.2, 0.25) is 0 Å². The Morgan fingerprint density at radius 2 is 0.667 bits per heavy atom. The van der Waals surface area contributed by atoms with Crippen LogP contribution in [0.15, 0.2) is 60.7 Å². The van der Waals surface area contributed by atoms with Crippen molar-refractivity contribution in [1.29, 1.82) is 0 Å². The summed E-state index contributed by atoms with van der Waals surface area (Å²) in [4.78, 5) is 7.25. The minimum Gasteiger partial charge on any atom is -0.845 e. The zero-order chi connectivity index (χ0) is 26.1. The van der Waals surface area contributed by atoms with Crippen molar-refractivity contribution in [1.82, 2.24) is 5.59 Å². The van der Waals surface area contributed by atoms with E-state index in [4.69, 9.17) is 10.5 Å². The van der Waals surface area contributed by atoms with Gasteiger partial charge in [-0.15, -0.1) is 4.91 Å². The maximum Gasteiger partial charge on any atom is 0.120 e. The summed E-state index contributed by atoms with van der Waals surface area (Å²) in [6, 6.07) is 18.9. The summed E-state index contributed by atoms with van der Waals surface area (Å²) < 4.78 is 0. The molecule has 0 spiro atoms. The van der Waals surface area contributed by atoms with Gasteiger partial charge in [-0.05, 0) is 31.7 Å². The van der Waals surface area contributed by atoms with Crippen LogP contribution >= 0.6 is 31.7 Å². The second kappa shape index (κ2) is 32.4. The fraction of sp³-hybridized carbons (Fsp3) is 0.520. The molecule has 0 aliphatic carbocycles. The van der Waals surface area contributed by atoms with Crippen LogP contribution < -0.4 is 10.7 Å². The topological polar surface area (TPSA) is 62.4 Å². The molecule has 8 heteroatoms. The maximum atomic E-state index is 11.9. The zero-order valence-corrected chi connectivity index (χ0v) is 29.0. The molecule has 2 rings (SSSR count). The van der Waals surface area contributed by atoms with Crippen molar-refractivity contribution in [2.75, 3.05) is 80.0 Å². The third-order valence-electron chi connectivity index (χ3n) is 2.20. The predicted octanol–water partition coefficient (Wildman–Crippen LogP) is 6.05. The van der Waals surface area contributed by atoms with Crippen molar-refractivity contribution in [3.63, 3.8) is 0 Å². The number of hydrogen-bond donors (Lipinski definition) is 0. The van der Waals surface area contributed by atoms with Crippen molar-refractivity contribution >= 4 is 31.7 Å². The first-order valence-electron chi connectivity index (χ1n) is 10.8. The minimum atomic E-state index is -0.766. The van der Waals surface area contributed by atoms with Gasteiger partial charge in [0.05, 0.1) is 0 Å². The second-order valence-corrected chi connectivity index (χ2v) is 21.2. The molecule has 191 valence electrons. The quantitative estimate of drug-likeness (QED) is 0.305. The zero-order valence-electron chi connectivity index (χ0n) is 23.0. The SMILES string of the molecule is C[PH+](C)C.C[PH+](C)C.C[PH+](C)C.C[PH+](C)C.[Mo].[N]=O.[O-]C(c1ccccc1)c1ccccc1. The summed E-state index contributed by atoms with van der Waals surface area (Å²) in [7, 11) is 0.481. The number of nitroso groups, excluding NO2 is 1. The first-order valence-corrected chi connectivity index (χ1v) is 22.8. The Morgan fingerprint density at radius 3 is 0.818 bits per heavy atom. The molecule has 0 N–H and O–H groups in total. The van der Waals surface area contributed by atoms with Crippen molar-refractivity contribution in [3.8, 4) is 0 Å². The number of benzene rings is 2. The molecule has 0 saturated heterocycles. The van der Waals surface area contributed by atoms with E-state index in [1.165, 1.54) is 0 Å². The molecule has 0 saturated carbocycles. The van der Waals surface area contributed by atoms with Gasteiger partial charge in [0.15, 0.2) is 0 Å². The van der Waals surface area contributed by atoms with Gasteiger partial charge in [0.25, 0.3) is 0 Å². The molecule has 0 unspecified atom stereocenters. The Morgan fingerprint density at radius 1 is 0.515 bits per heavy atom. The van der Waals surface area contributed by atoms with Crippen LogP contribution in [0.1, 0.15) is 17.2 Å². The molecule has 0 amide bonds. The first kappa shape index (κ1) is 43.5. The maximum absolute atomic E-state index is 11.9. The molecule has 2 aromatic rings. The predicted molar refractivity (Wildman–Crippen MR) is 165 cm³/mol. The molecule has 0 bridgehead atoms. The molecule has 0 atom stereocenters. The van der Waals surface area contributed by atoms with E-state index in [0.29, 0.717) is 0 Å². The Hall–Kier alpha value is 0.408. The summed E-state index contributed by atoms with van der Waals surface area (Å²) >= 11 is 0. The van der Waals surface area contributed by atoms with Crippen molar-refractivity contribution in [2.45, 2.75) is 6.10 Å². The summed E-state index contributed by atoms with van der Waals surface area (Å²) in [6.45, 7) is 27.2. The Labute approximate surface area is 225 Å². The van der Waals surface area contributed by atoms with Crippen LogP contribution in [0.5, 0.6) is 0 Å². The van der Waals surface area contributed by atoms with Gasteiger partial charge in [-0.1, -0.05) is 77.9 Å². The van der Waals surface area contributed by atoms with Crippen LogP contribution in [-0.2, 0) is 21.1 Å². The first-order chi connectivity index (χ1) is 14.8. The number of hydrogen-bond acceptors (Lipinski definition) is 2. The van der Waals surface area contributed by atoms with E-state index in [-0.39, 0.29) is 52.8 Å². The average molecular weight is 618 g/mol. The van der Waals surface area contributed by atoms with Crippen LogP contribution in [0.3, 0.4) is 0 Å². The molecule has 0 heterocycles. The molecule has 1 radical (unpaired) electrons. The van der Waals surface area contributed by atoms with Gasteiger partial charge in [-0.25, -0.2) is 0 Å². The molecular weight excluding hydrogens is 566 g/mol. The molecular formula is C25H51MoNO2P4+3. The van der Waals surface area contributed by atoms with Crippen molar-refractivity contribution < 1.29 is 26.2 Å². The molecule has 0 aromatic heterocycles. The van der Waals surface area contributed by atoms with E-state index < -0.39 is 6.10 Å². The normalized spacial score (nSPS) is 8.91. The molecule has 2 aromatic carbocycles. The second-order valence-electron chi connectivity index (χ2n) is 9.20. The Kier molecular flexibility index (Phi) is 42.7. The molecule has 0 aliphatic rings. The van der Waals surface area contributed by atoms with Crippen molar-refractivity contribution in [3.05, 3.63) is 76.7 Å². The Bertz CT molecular complexity index is 515. The van der Waals surface area contributed by atoms with Crippen molar-refractivity contribution in [2.24, 2.45) is 0 Å². The monoisotopic (exact) mass is 619 g/mol. The fourth-order valence-corrected chi connectivity index (χ4v) is 1.45. The molecule has 33 heavy (non-hydrogen) atoms. The van der Waals surface area contributed by atoms with E-state index in [2.05, 4.69) is 80.0 Å². The van der Waals surface area contributed by atoms with E-state index in [9.17, 15) is 5.11 Å². The van der Waals surface area contributed by atoms with Gasteiger partial charge in [-0.3, -0.25) is 0 Å². The summed E-state index contributed by atoms with van der Waals surface area (Å²) in [5.74, 6) is 0. The van der Waals surface area contributed by atoms with E-state index in [1.807, 2.05) is 60.7 Å². The Balaban J connectivity index is -0.000000115. The number of rotatable bonds is 2. The van der Waals surface area contributed by atoms with Gasteiger partial charge >= 0.3 is 0 Å². The van der Waals surface area contributed by atoms with Gasteiger partial charge in [0, 0.05) is 101 Å². The van der Waals surface area contributed by atoms with E-state index in [0.717, 1.165) is 11.1 Å². The fourth-order valence-electron chi connectivity index (χ4n) is 1.45. The van der Waals surface area contributed by atoms with Crippen LogP contribution in [0.25, 0.3) is 0 Å². The third-order valence-corrected chi connectivity index (χ3v) is 2.20. The summed E-state index contributed by atoms with van der Waals surface area (Å²) in [5, 5.41) is 11.9. The minimum absolute atomic E-state index is 0. The van der Waals surface area contributed by atoms with Gasteiger partial charge in [-0.2, -0.15) is 0 Å². The standard InChI is InChI=1S/C13H11O.4C3H9P.Mo.NO/c14-13(11-7-3-1-4-8-11)12-9-5-2-6-10-12;4*1-4(2)3;;1-2/h1-10,13H;4*1-3H3;;/q-1;;;;;;/p+4. The smallest absolute Gasteiger partial charge is 0.120 e. The largest absolute Gasteiger partial charge is 0.845 e. The third kappa shape index (κ3) is 50.3. The van der Waals surface area contributed by atoms with Crippen LogP contribution in [0.4, 0.5) is 0 Å². The van der Waals surface area contributed by atoms with E-state index >= 15 is 0 Å². The van der Waals surface area contributed by atoms with E-state index in [1.54, 1.807) is 0 Å². The molecule has 0 aliphatic heterocycles.